The van der Waals surface area contributed by atoms with Crippen molar-refractivity contribution < 1.29 is 13.2 Å². The third-order valence-corrected chi connectivity index (χ3v) is 3.89. The van der Waals surface area contributed by atoms with Gasteiger partial charge in [0.15, 0.2) is 11.6 Å². The zero-order valence-corrected chi connectivity index (χ0v) is 9.63. The highest BCUT2D eigenvalue weighted by molar-refractivity contribution is 7.98. The number of hydrogen-bond donors (Lipinski definition) is 1. The van der Waals surface area contributed by atoms with Crippen LogP contribution in [0.2, 0.25) is 0 Å². The molecule has 1 nitrogen and oxygen atoms in total. The molecular formula is C11H12F3NS. The zero-order chi connectivity index (χ0) is 11.9. The van der Waals surface area contributed by atoms with Gasteiger partial charge < -0.3 is 5.73 Å². The minimum Gasteiger partial charge on any atom is -0.321 e. The molecule has 0 radical (unpaired) electrons. The highest BCUT2D eigenvalue weighted by Gasteiger charge is 2.38. The van der Waals surface area contributed by atoms with Crippen LogP contribution in [0, 0.1) is 17.5 Å². The second-order valence-corrected chi connectivity index (χ2v) is 4.89. The summed E-state index contributed by atoms with van der Waals surface area (Å²) in [5.41, 5.74) is 4.95. The fourth-order valence-corrected chi connectivity index (χ4v) is 2.48. The van der Waals surface area contributed by atoms with E-state index in [9.17, 15) is 13.2 Å². The Bertz CT molecular complexity index is 430. The van der Waals surface area contributed by atoms with Gasteiger partial charge in [-0.15, -0.1) is 11.8 Å². The van der Waals surface area contributed by atoms with Crippen molar-refractivity contribution in [2.75, 3.05) is 6.26 Å². The molecule has 1 aromatic rings. The van der Waals surface area contributed by atoms with Crippen molar-refractivity contribution in [3.8, 4) is 0 Å². The topological polar surface area (TPSA) is 26.0 Å². The number of hydrogen-bond acceptors (Lipinski definition) is 2. The van der Waals surface area contributed by atoms with E-state index in [2.05, 4.69) is 0 Å². The molecule has 2 N–H and O–H groups in total. The quantitative estimate of drug-likeness (QED) is 0.641. The van der Waals surface area contributed by atoms with E-state index in [4.69, 9.17) is 5.73 Å². The van der Waals surface area contributed by atoms with Crippen LogP contribution in [0.4, 0.5) is 13.2 Å². The summed E-state index contributed by atoms with van der Waals surface area (Å²) < 4.78 is 40.7. The van der Waals surface area contributed by atoms with Gasteiger partial charge in [0, 0.05) is 11.1 Å². The van der Waals surface area contributed by atoms with Gasteiger partial charge in [0.1, 0.15) is 5.82 Å². The van der Waals surface area contributed by atoms with E-state index in [1.54, 1.807) is 0 Å². The summed E-state index contributed by atoms with van der Waals surface area (Å²) in [4.78, 5) is -0.288. The Balaban J connectivity index is 2.56. The number of benzene rings is 1. The fourth-order valence-electron chi connectivity index (χ4n) is 1.95. The van der Waals surface area contributed by atoms with Crippen LogP contribution in [0.5, 0.6) is 0 Å². The minimum atomic E-state index is -1.13. The van der Waals surface area contributed by atoms with Gasteiger partial charge in [-0.3, -0.25) is 0 Å². The third-order valence-electron chi connectivity index (χ3n) is 3.10. The minimum absolute atomic E-state index is 0.0356. The van der Waals surface area contributed by atoms with Crippen LogP contribution in [0.3, 0.4) is 0 Å². The predicted molar refractivity (Wildman–Crippen MR) is 57.8 cm³/mol. The lowest BCUT2D eigenvalue weighted by molar-refractivity contribution is 0.240. The lowest BCUT2D eigenvalue weighted by atomic mass is 9.72. The Morgan fingerprint density at radius 3 is 2.31 bits per heavy atom. The first-order chi connectivity index (χ1) is 7.49. The van der Waals surface area contributed by atoms with Crippen LogP contribution in [0.1, 0.15) is 24.8 Å². The summed E-state index contributed by atoms with van der Waals surface area (Å²) in [7, 11) is 0. The van der Waals surface area contributed by atoms with Gasteiger partial charge in [0.2, 0.25) is 0 Å². The lowest BCUT2D eigenvalue weighted by Gasteiger charge is -2.38. The van der Waals surface area contributed by atoms with Gasteiger partial charge in [-0.1, -0.05) is 0 Å². The molecule has 0 atom stereocenters. The van der Waals surface area contributed by atoms with Crippen LogP contribution in [0.25, 0.3) is 0 Å². The molecule has 88 valence electrons. The van der Waals surface area contributed by atoms with Crippen LogP contribution < -0.4 is 5.73 Å². The maximum atomic E-state index is 13.7. The molecule has 0 unspecified atom stereocenters. The lowest BCUT2D eigenvalue weighted by Crippen LogP contribution is -2.44. The summed E-state index contributed by atoms with van der Waals surface area (Å²) in [5.74, 6) is -2.87. The number of halogens is 3. The predicted octanol–water partition coefficient (Wildman–Crippen LogP) is 3.16. The molecule has 0 bridgehead atoms. The van der Waals surface area contributed by atoms with E-state index in [1.165, 1.54) is 6.26 Å². The molecule has 0 heterocycles. The van der Waals surface area contributed by atoms with Gasteiger partial charge in [0.05, 0.1) is 4.90 Å². The van der Waals surface area contributed by atoms with Gasteiger partial charge in [-0.2, -0.15) is 0 Å². The summed E-state index contributed by atoms with van der Waals surface area (Å²) >= 11 is 0.850. The molecule has 1 aliphatic carbocycles. The van der Waals surface area contributed by atoms with Gasteiger partial charge in [-0.25, -0.2) is 13.2 Å². The van der Waals surface area contributed by atoms with Crippen molar-refractivity contribution in [2.24, 2.45) is 5.73 Å². The summed E-state index contributed by atoms with van der Waals surface area (Å²) in [6.45, 7) is 0. The smallest absolute Gasteiger partial charge is 0.175 e. The first kappa shape index (κ1) is 11.8. The van der Waals surface area contributed by atoms with E-state index in [0.717, 1.165) is 24.2 Å². The maximum absolute atomic E-state index is 13.7. The van der Waals surface area contributed by atoms with Crippen molar-refractivity contribution in [1.82, 2.24) is 0 Å². The van der Waals surface area contributed by atoms with Gasteiger partial charge in [-0.05, 0) is 31.6 Å². The molecule has 0 aromatic heterocycles. The SMILES string of the molecule is CSc1c(F)cc(C2(N)CCC2)c(F)c1F. The number of rotatable bonds is 2. The molecule has 1 aromatic carbocycles. The highest BCUT2D eigenvalue weighted by atomic mass is 32.2. The zero-order valence-electron chi connectivity index (χ0n) is 8.82. The summed E-state index contributed by atoms with van der Waals surface area (Å²) in [6.07, 6.45) is 3.51. The van der Waals surface area contributed by atoms with Crippen molar-refractivity contribution in [3.05, 3.63) is 29.1 Å². The Morgan fingerprint density at radius 2 is 1.88 bits per heavy atom. The van der Waals surface area contributed by atoms with E-state index < -0.39 is 23.0 Å². The normalized spacial score (nSPS) is 18.3. The van der Waals surface area contributed by atoms with Crippen LogP contribution in [-0.4, -0.2) is 6.26 Å². The van der Waals surface area contributed by atoms with Gasteiger partial charge >= 0.3 is 0 Å². The average Bonchev–Trinajstić information content (AvgIpc) is 2.21. The van der Waals surface area contributed by atoms with E-state index in [0.29, 0.717) is 12.8 Å². The average molecular weight is 247 g/mol. The molecule has 5 heteroatoms. The van der Waals surface area contributed by atoms with Gasteiger partial charge in [0.25, 0.3) is 0 Å². The first-order valence-electron chi connectivity index (χ1n) is 5.00. The molecular weight excluding hydrogens is 235 g/mol. The van der Waals surface area contributed by atoms with Crippen molar-refractivity contribution >= 4 is 11.8 Å². The van der Waals surface area contributed by atoms with E-state index >= 15 is 0 Å². The largest absolute Gasteiger partial charge is 0.321 e. The van der Waals surface area contributed by atoms with Crippen molar-refractivity contribution in [3.63, 3.8) is 0 Å². The molecule has 2 rings (SSSR count). The third kappa shape index (κ3) is 1.62. The second-order valence-electron chi connectivity index (χ2n) is 4.08. The number of nitrogens with two attached hydrogens (primary N) is 1. The van der Waals surface area contributed by atoms with Crippen LogP contribution >= 0.6 is 11.8 Å². The Morgan fingerprint density at radius 1 is 1.25 bits per heavy atom. The monoisotopic (exact) mass is 247 g/mol. The van der Waals surface area contributed by atoms with Crippen molar-refractivity contribution in [2.45, 2.75) is 29.7 Å². The van der Waals surface area contributed by atoms with E-state index in [1.807, 2.05) is 0 Å². The standard InChI is InChI=1S/C11H12F3NS/c1-16-10-7(12)5-6(8(13)9(10)14)11(15)3-2-4-11/h5H,2-4,15H2,1H3. The highest BCUT2D eigenvalue weighted by Crippen LogP contribution is 2.42. The van der Waals surface area contributed by atoms with Crippen molar-refractivity contribution in [1.29, 1.82) is 0 Å². The molecule has 1 aliphatic rings. The second kappa shape index (κ2) is 3.96. The molecule has 16 heavy (non-hydrogen) atoms. The Labute approximate surface area is 96.2 Å². The van der Waals surface area contributed by atoms with E-state index in [-0.39, 0.29) is 10.5 Å². The maximum Gasteiger partial charge on any atom is 0.175 e. The molecule has 0 saturated heterocycles. The summed E-state index contributed by atoms with van der Waals surface area (Å²) in [6, 6.07) is 1.03. The Kier molecular flexibility index (Phi) is 2.92. The fraction of sp³-hybridized carbons (Fsp3) is 0.455. The molecule has 0 aliphatic heterocycles. The summed E-state index contributed by atoms with van der Waals surface area (Å²) in [5, 5.41) is 0. The molecule has 0 amide bonds. The number of thioether (sulfide) groups is 1. The van der Waals surface area contributed by atoms with Crippen LogP contribution in [0.15, 0.2) is 11.0 Å². The first-order valence-corrected chi connectivity index (χ1v) is 6.23. The molecule has 0 spiro atoms. The Hall–Kier alpha value is -0.680. The molecule has 1 fully saturated rings. The molecule has 1 saturated carbocycles. The van der Waals surface area contributed by atoms with Crippen LogP contribution in [-0.2, 0) is 5.54 Å².